The van der Waals surface area contributed by atoms with Gasteiger partial charge in [-0.3, -0.25) is 10.1 Å². The predicted octanol–water partition coefficient (Wildman–Crippen LogP) is 0.381. The lowest BCUT2D eigenvalue weighted by atomic mass is 10.4. The lowest BCUT2D eigenvalue weighted by Gasteiger charge is -2.05. The van der Waals surface area contributed by atoms with Gasteiger partial charge in [0, 0.05) is 12.3 Å². The molecule has 17 heavy (non-hydrogen) atoms. The van der Waals surface area contributed by atoms with E-state index in [2.05, 4.69) is 4.74 Å². The third-order valence-corrected chi connectivity index (χ3v) is 2.87. The molecule has 0 aliphatic rings. The fourth-order valence-electron chi connectivity index (χ4n) is 1.22. The van der Waals surface area contributed by atoms with Gasteiger partial charge in [0.05, 0.1) is 17.8 Å². The van der Waals surface area contributed by atoms with Gasteiger partial charge in [0.15, 0.2) is 0 Å². The SMILES string of the molecule is CCOC(=O)c1c([N+](=O)[O-])ccn1S(C)(=O)=O. The molecule has 0 saturated carbocycles. The maximum Gasteiger partial charge on any atom is 0.363 e. The number of nitro groups is 1. The number of esters is 1. The molecule has 0 fully saturated rings. The van der Waals surface area contributed by atoms with Crippen molar-refractivity contribution in [1.29, 1.82) is 0 Å². The van der Waals surface area contributed by atoms with Gasteiger partial charge in [-0.15, -0.1) is 0 Å². The highest BCUT2D eigenvalue weighted by Crippen LogP contribution is 2.22. The third-order valence-electron chi connectivity index (χ3n) is 1.85. The van der Waals surface area contributed by atoms with E-state index in [1.165, 1.54) is 6.92 Å². The summed E-state index contributed by atoms with van der Waals surface area (Å²) in [5.41, 5.74) is -1.20. The summed E-state index contributed by atoms with van der Waals surface area (Å²) >= 11 is 0. The van der Waals surface area contributed by atoms with Crippen LogP contribution in [0, 0.1) is 10.1 Å². The summed E-state index contributed by atoms with van der Waals surface area (Å²) in [6.07, 6.45) is 1.78. The van der Waals surface area contributed by atoms with E-state index < -0.39 is 32.3 Å². The quantitative estimate of drug-likeness (QED) is 0.441. The van der Waals surface area contributed by atoms with Gasteiger partial charge in [0.25, 0.3) is 0 Å². The fraction of sp³-hybridized carbons (Fsp3) is 0.375. The van der Waals surface area contributed by atoms with Gasteiger partial charge in [0.1, 0.15) is 0 Å². The molecule has 0 amide bonds. The molecule has 1 aromatic heterocycles. The van der Waals surface area contributed by atoms with Gasteiger partial charge in [-0.1, -0.05) is 0 Å². The second-order valence-corrected chi connectivity index (χ2v) is 4.95. The summed E-state index contributed by atoms with van der Waals surface area (Å²) in [5.74, 6) is -1.05. The van der Waals surface area contributed by atoms with Gasteiger partial charge in [-0.05, 0) is 6.92 Å². The second kappa shape index (κ2) is 4.53. The van der Waals surface area contributed by atoms with Crippen molar-refractivity contribution in [2.24, 2.45) is 0 Å². The second-order valence-electron chi connectivity index (χ2n) is 3.09. The fourth-order valence-corrected chi connectivity index (χ4v) is 2.00. The average molecular weight is 262 g/mol. The first-order valence-electron chi connectivity index (χ1n) is 4.52. The lowest BCUT2D eigenvalue weighted by Crippen LogP contribution is -2.18. The Kier molecular flexibility index (Phi) is 3.51. The lowest BCUT2D eigenvalue weighted by molar-refractivity contribution is -0.385. The number of carbonyl (C=O) groups excluding carboxylic acids is 1. The van der Waals surface area contributed by atoms with Crippen molar-refractivity contribution < 1.29 is 22.9 Å². The van der Waals surface area contributed by atoms with Crippen LogP contribution >= 0.6 is 0 Å². The Morgan fingerprint density at radius 1 is 1.59 bits per heavy atom. The van der Waals surface area contributed by atoms with E-state index in [0.717, 1.165) is 18.5 Å². The molecule has 0 bridgehead atoms. The minimum Gasteiger partial charge on any atom is -0.461 e. The average Bonchev–Trinajstić information content (AvgIpc) is 2.60. The number of carbonyl (C=O) groups is 1. The number of nitrogens with zero attached hydrogens (tertiary/aromatic N) is 2. The summed E-state index contributed by atoms with van der Waals surface area (Å²) < 4.78 is 27.8. The summed E-state index contributed by atoms with van der Waals surface area (Å²) in [7, 11) is -3.80. The van der Waals surface area contributed by atoms with E-state index in [1.54, 1.807) is 0 Å². The van der Waals surface area contributed by atoms with Crippen LogP contribution in [0.2, 0.25) is 0 Å². The number of rotatable bonds is 4. The van der Waals surface area contributed by atoms with E-state index in [0.29, 0.717) is 3.97 Å². The summed E-state index contributed by atoms with van der Waals surface area (Å²) in [4.78, 5) is 21.3. The van der Waals surface area contributed by atoms with Crippen molar-refractivity contribution in [3.8, 4) is 0 Å². The maximum absolute atomic E-state index is 11.5. The van der Waals surface area contributed by atoms with Crippen LogP contribution in [-0.2, 0) is 14.8 Å². The molecule has 94 valence electrons. The van der Waals surface area contributed by atoms with Crippen LogP contribution in [0.25, 0.3) is 0 Å². The van der Waals surface area contributed by atoms with Gasteiger partial charge < -0.3 is 4.74 Å². The Morgan fingerprint density at radius 2 is 2.18 bits per heavy atom. The predicted molar refractivity (Wildman–Crippen MR) is 57.3 cm³/mol. The Labute approximate surface area is 97.0 Å². The molecule has 0 aliphatic heterocycles. The summed E-state index contributed by atoms with van der Waals surface area (Å²) in [6.45, 7) is 1.50. The molecule has 8 nitrogen and oxygen atoms in total. The summed E-state index contributed by atoms with van der Waals surface area (Å²) in [6, 6.07) is 0.938. The monoisotopic (exact) mass is 262 g/mol. The van der Waals surface area contributed by atoms with Crippen LogP contribution < -0.4 is 0 Å². The molecule has 1 heterocycles. The smallest absolute Gasteiger partial charge is 0.363 e. The van der Waals surface area contributed by atoms with Crippen molar-refractivity contribution in [2.75, 3.05) is 12.9 Å². The molecular weight excluding hydrogens is 252 g/mol. The molecule has 0 unspecified atom stereocenters. The van der Waals surface area contributed by atoms with Crippen molar-refractivity contribution >= 4 is 21.7 Å². The molecular formula is C8H10N2O6S. The Bertz CT molecular complexity index is 559. The molecule has 1 rings (SSSR count). The zero-order valence-electron chi connectivity index (χ0n) is 9.11. The van der Waals surface area contributed by atoms with E-state index in [4.69, 9.17) is 0 Å². The number of ether oxygens (including phenoxy) is 1. The van der Waals surface area contributed by atoms with Crippen molar-refractivity contribution in [2.45, 2.75) is 6.92 Å². The Hall–Kier alpha value is -1.90. The third kappa shape index (κ3) is 2.61. The van der Waals surface area contributed by atoms with E-state index in [1.807, 2.05) is 0 Å². The molecule has 0 saturated heterocycles. The van der Waals surface area contributed by atoms with Gasteiger partial charge in [-0.25, -0.2) is 17.2 Å². The first-order chi connectivity index (χ1) is 7.79. The molecule has 1 aromatic rings. The van der Waals surface area contributed by atoms with Crippen molar-refractivity contribution in [1.82, 2.24) is 3.97 Å². The van der Waals surface area contributed by atoms with E-state index in [-0.39, 0.29) is 6.61 Å². The van der Waals surface area contributed by atoms with Crippen LogP contribution in [0.1, 0.15) is 17.4 Å². The van der Waals surface area contributed by atoms with Gasteiger partial charge >= 0.3 is 11.7 Å². The highest BCUT2D eigenvalue weighted by atomic mass is 32.2. The molecule has 0 aromatic carbocycles. The van der Waals surface area contributed by atoms with Crippen molar-refractivity contribution in [3.05, 3.63) is 28.1 Å². The largest absolute Gasteiger partial charge is 0.461 e. The van der Waals surface area contributed by atoms with Gasteiger partial charge in [0.2, 0.25) is 15.7 Å². The van der Waals surface area contributed by atoms with E-state index in [9.17, 15) is 23.3 Å². The first-order valence-corrected chi connectivity index (χ1v) is 6.37. The molecule has 0 spiro atoms. The molecule has 9 heteroatoms. The number of hydrogen-bond acceptors (Lipinski definition) is 6. The van der Waals surface area contributed by atoms with Crippen LogP contribution in [0.3, 0.4) is 0 Å². The minimum atomic E-state index is -3.80. The standard InChI is InChI=1S/C8H10N2O6S/c1-3-16-8(11)7-6(10(12)13)4-5-9(7)17(2,14)15/h4-5H,3H2,1-2H3. The van der Waals surface area contributed by atoms with Crippen LogP contribution in [0.5, 0.6) is 0 Å². The number of aromatic nitrogens is 1. The molecule has 0 atom stereocenters. The van der Waals surface area contributed by atoms with Crippen LogP contribution in [0.15, 0.2) is 12.3 Å². The number of hydrogen-bond donors (Lipinski definition) is 0. The zero-order valence-corrected chi connectivity index (χ0v) is 9.93. The summed E-state index contributed by atoms with van der Waals surface area (Å²) in [5, 5.41) is 10.7. The first kappa shape index (κ1) is 13.2. The molecule has 0 aliphatic carbocycles. The zero-order chi connectivity index (χ0) is 13.2. The Balaban J connectivity index is 3.45. The minimum absolute atomic E-state index is 0.00900. The van der Waals surface area contributed by atoms with Crippen LogP contribution in [-0.4, -0.2) is 36.1 Å². The topological polar surface area (TPSA) is 109 Å². The van der Waals surface area contributed by atoms with Gasteiger partial charge in [-0.2, -0.15) is 0 Å². The molecule has 0 radical (unpaired) electrons. The maximum atomic E-state index is 11.5. The normalized spacial score (nSPS) is 11.2. The van der Waals surface area contributed by atoms with Crippen molar-refractivity contribution in [3.63, 3.8) is 0 Å². The Morgan fingerprint density at radius 3 is 2.59 bits per heavy atom. The van der Waals surface area contributed by atoms with Crippen LogP contribution in [0.4, 0.5) is 5.69 Å². The highest BCUT2D eigenvalue weighted by Gasteiger charge is 2.29. The van der Waals surface area contributed by atoms with E-state index >= 15 is 0 Å². The highest BCUT2D eigenvalue weighted by molar-refractivity contribution is 7.89. The molecule has 0 N–H and O–H groups in total.